The number of thiazole rings is 1. The molecule has 1 saturated carbocycles. The van der Waals surface area contributed by atoms with Gasteiger partial charge in [-0.05, 0) is 25.3 Å². The molecule has 1 aliphatic carbocycles. The minimum Gasteiger partial charge on any atom is -0.383 e. The topological polar surface area (TPSA) is 170 Å². The van der Waals surface area contributed by atoms with Gasteiger partial charge < -0.3 is 10.8 Å². The summed E-state index contributed by atoms with van der Waals surface area (Å²) < 4.78 is 23.9. The highest BCUT2D eigenvalue weighted by molar-refractivity contribution is 7.89. The number of primary sulfonamides is 1. The van der Waals surface area contributed by atoms with Crippen molar-refractivity contribution in [3.63, 3.8) is 0 Å². The smallest absolute Gasteiger partial charge is 0.238 e. The molecule has 11 heteroatoms. The zero-order valence-electron chi connectivity index (χ0n) is 13.1. The molecule has 0 atom stereocenters. The molecule has 0 radical (unpaired) electrons. The number of hydrogen-bond donors (Lipinski definition) is 5. The maximum absolute atomic E-state index is 11.9. The number of hydrazine groups is 1. The van der Waals surface area contributed by atoms with Gasteiger partial charge in [0.15, 0.2) is 5.84 Å². The Labute approximate surface area is 148 Å². The van der Waals surface area contributed by atoms with E-state index in [1.54, 1.807) is 18.3 Å². The van der Waals surface area contributed by atoms with E-state index in [4.69, 9.17) is 16.7 Å². The predicted octanol–water partition coefficient (Wildman–Crippen LogP) is -0.0874. The van der Waals surface area contributed by atoms with Crippen molar-refractivity contribution < 1.29 is 13.5 Å². The van der Waals surface area contributed by atoms with Crippen molar-refractivity contribution in [1.29, 1.82) is 0 Å². The average molecular weight is 382 g/mol. The summed E-state index contributed by atoms with van der Waals surface area (Å²) in [7, 11) is -4.04. The normalized spacial score (nSPS) is 17.2. The van der Waals surface area contributed by atoms with Crippen molar-refractivity contribution in [2.75, 3.05) is 0 Å². The van der Waals surface area contributed by atoms with Gasteiger partial charge in [0.1, 0.15) is 10.6 Å². The molecule has 1 heterocycles. The molecule has 0 amide bonds. The summed E-state index contributed by atoms with van der Waals surface area (Å²) in [5.41, 5.74) is 7.67. The molecule has 1 aromatic carbocycles. The fraction of sp³-hybridized carbons (Fsp3) is 0.286. The SMILES string of the molecule is NN/N=C(\N)c1c(-c2cnc(C3(O)CCC3)s2)cccc1S(N)(=O)=O. The molecule has 1 aliphatic rings. The van der Waals surface area contributed by atoms with E-state index in [0.29, 0.717) is 28.3 Å². The lowest BCUT2D eigenvalue weighted by atomic mass is 9.81. The number of amidine groups is 1. The van der Waals surface area contributed by atoms with Crippen LogP contribution in [0.25, 0.3) is 10.4 Å². The first kappa shape index (κ1) is 17.8. The molecule has 2 aromatic rings. The van der Waals surface area contributed by atoms with Gasteiger partial charge in [-0.3, -0.25) is 0 Å². The lowest BCUT2D eigenvalue weighted by molar-refractivity contribution is -0.0389. The van der Waals surface area contributed by atoms with Crippen LogP contribution in [0.1, 0.15) is 29.8 Å². The summed E-state index contributed by atoms with van der Waals surface area (Å²) in [6.45, 7) is 0. The lowest BCUT2D eigenvalue weighted by Crippen LogP contribution is -2.33. The van der Waals surface area contributed by atoms with Gasteiger partial charge in [-0.15, -0.1) is 16.4 Å². The van der Waals surface area contributed by atoms with E-state index in [2.05, 4.69) is 10.1 Å². The van der Waals surface area contributed by atoms with Gasteiger partial charge in [-0.25, -0.2) is 29.9 Å². The second-order valence-corrected chi connectivity index (χ2v) is 8.33. The van der Waals surface area contributed by atoms with Crippen LogP contribution in [0, 0.1) is 0 Å². The molecule has 134 valence electrons. The van der Waals surface area contributed by atoms with E-state index in [9.17, 15) is 13.5 Å². The second kappa shape index (κ2) is 6.35. The van der Waals surface area contributed by atoms with Crippen molar-refractivity contribution in [2.45, 2.75) is 29.8 Å². The Morgan fingerprint density at radius 2 is 2.12 bits per heavy atom. The Balaban J connectivity index is 2.18. The monoisotopic (exact) mass is 382 g/mol. The molecule has 0 bridgehead atoms. The minimum absolute atomic E-state index is 0.126. The van der Waals surface area contributed by atoms with Gasteiger partial charge in [-0.2, -0.15) is 0 Å². The zero-order valence-corrected chi connectivity index (χ0v) is 14.8. The lowest BCUT2D eigenvalue weighted by Gasteiger charge is -2.34. The molecule has 25 heavy (non-hydrogen) atoms. The van der Waals surface area contributed by atoms with Crippen LogP contribution in [-0.4, -0.2) is 24.3 Å². The van der Waals surface area contributed by atoms with Crippen LogP contribution in [0.15, 0.2) is 34.4 Å². The summed E-state index contributed by atoms with van der Waals surface area (Å²) in [6.07, 6.45) is 3.83. The van der Waals surface area contributed by atoms with E-state index in [1.165, 1.54) is 17.4 Å². The second-order valence-electron chi connectivity index (χ2n) is 5.76. The molecule has 0 saturated heterocycles. The quantitative estimate of drug-likeness (QED) is 0.208. The maximum atomic E-state index is 11.9. The number of aromatic nitrogens is 1. The highest BCUT2D eigenvalue weighted by atomic mass is 32.2. The van der Waals surface area contributed by atoms with Crippen LogP contribution < -0.4 is 22.3 Å². The number of benzene rings is 1. The molecule has 0 aliphatic heterocycles. The van der Waals surface area contributed by atoms with Crippen LogP contribution in [-0.2, 0) is 15.6 Å². The fourth-order valence-corrected chi connectivity index (χ4v) is 4.56. The van der Waals surface area contributed by atoms with Crippen LogP contribution in [0.5, 0.6) is 0 Å². The van der Waals surface area contributed by atoms with E-state index in [1.807, 2.05) is 5.53 Å². The molecular weight excluding hydrogens is 364 g/mol. The maximum Gasteiger partial charge on any atom is 0.238 e. The fourth-order valence-electron chi connectivity index (χ4n) is 2.70. The van der Waals surface area contributed by atoms with Crippen LogP contribution >= 0.6 is 11.3 Å². The van der Waals surface area contributed by atoms with Gasteiger partial charge in [0.2, 0.25) is 10.0 Å². The Morgan fingerprint density at radius 1 is 1.40 bits per heavy atom. The standard InChI is InChI=1S/C14H18N6O3S2/c15-12(19-20-16)11-8(3-1-4-10(11)25(17,22)23)9-7-18-13(24-9)14(21)5-2-6-14/h1,3-4,7,20-21H,2,5-6,16H2,(H2,15,19)(H2,17,22,23). The van der Waals surface area contributed by atoms with Crippen molar-refractivity contribution in [1.82, 2.24) is 10.5 Å². The molecule has 1 aromatic heterocycles. The van der Waals surface area contributed by atoms with Crippen molar-refractivity contribution in [2.24, 2.45) is 21.8 Å². The first-order chi connectivity index (χ1) is 11.8. The Hall–Kier alpha value is -2.05. The van der Waals surface area contributed by atoms with E-state index in [0.717, 1.165) is 6.42 Å². The van der Waals surface area contributed by atoms with Gasteiger partial charge in [0.25, 0.3) is 0 Å². The summed E-state index contributed by atoms with van der Waals surface area (Å²) in [5, 5.41) is 20.0. The van der Waals surface area contributed by atoms with Gasteiger partial charge >= 0.3 is 0 Å². The molecule has 3 rings (SSSR count). The Morgan fingerprint density at radius 3 is 2.68 bits per heavy atom. The number of hydrogen-bond acceptors (Lipinski definition) is 8. The molecular formula is C14H18N6O3S2. The Kier molecular flexibility index (Phi) is 4.51. The number of hydrazone groups is 1. The largest absolute Gasteiger partial charge is 0.383 e. The summed E-state index contributed by atoms with van der Waals surface area (Å²) in [6, 6.07) is 4.58. The van der Waals surface area contributed by atoms with Crippen LogP contribution in [0.2, 0.25) is 0 Å². The predicted molar refractivity (Wildman–Crippen MR) is 94.7 cm³/mol. The zero-order chi connectivity index (χ0) is 18.2. The summed E-state index contributed by atoms with van der Waals surface area (Å²) in [5.74, 6) is 5.03. The van der Waals surface area contributed by atoms with E-state index >= 15 is 0 Å². The van der Waals surface area contributed by atoms with Gasteiger partial charge in [-0.1, -0.05) is 12.1 Å². The number of nitrogens with two attached hydrogens (primary N) is 3. The van der Waals surface area contributed by atoms with Crippen LogP contribution in [0.3, 0.4) is 0 Å². The number of rotatable bonds is 5. The Bertz CT molecular complexity index is 934. The van der Waals surface area contributed by atoms with Gasteiger partial charge in [0, 0.05) is 17.3 Å². The van der Waals surface area contributed by atoms with Crippen molar-refractivity contribution >= 4 is 27.2 Å². The summed E-state index contributed by atoms with van der Waals surface area (Å²) >= 11 is 1.28. The van der Waals surface area contributed by atoms with E-state index in [-0.39, 0.29) is 16.3 Å². The number of nitrogens with one attached hydrogen (secondary N) is 1. The minimum atomic E-state index is -4.04. The van der Waals surface area contributed by atoms with E-state index < -0.39 is 15.6 Å². The third-order valence-corrected chi connectivity index (χ3v) is 6.30. The molecule has 0 spiro atoms. The number of aliphatic hydroxyl groups is 1. The van der Waals surface area contributed by atoms with Crippen LogP contribution in [0.4, 0.5) is 0 Å². The highest BCUT2D eigenvalue weighted by Crippen LogP contribution is 2.44. The highest BCUT2D eigenvalue weighted by Gasteiger charge is 2.39. The number of nitrogens with zero attached hydrogens (tertiary/aromatic N) is 2. The third-order valence-electron chi connectivity index (χ3n) is 4.12. The molecule has 1 fully saturated rings. The first-order valence-corrected chi connectivity index (χ1v) is 9.76. The van der Waals surface area contributed by atoms with Crippen molar-refractivity contribution in [3.05, 3.63) is 35.0 Å². The van der Waals surface area contributed by atoms with Gasteiger partial charge in [0.05, 0.1) is 9.77 Å². The summed E-state index contributed by atoms with van der Waals surface area (Å²) in [4.78, 5) is 4.77. The third kappa shape index (κ3) is 3.24. The number of sulfonamides is 1. The molecule has 0 unspecified atom stereocenters. The van der Waals surface area contributed by atoms with Crippen molar-refractivity contribution in [3.8, 4) is 10.4 Å². The molecule has 9 nitrogen and oxygen atoms in total. The average Bonchev–Trinajstić information content (AvgIpc) is 3.01. The molecule has 8 N–H and O–H groups in total. The first-order valence-electron chi connectivity index (χ1n) is 7.40.